The summed E-state index contributed by atoms with van der Waals surface area (Å²) < 4.78 is 5.53. The van der Waals surface area contributed by atoms with Crippen LogP contribution in [0, 0.1) is 12.8 Å². The van der Waals surface area contributed by atoms with Crippen molar-refractivity contribution in [1.29, 1.82) is 0 Å². The van der Waals surface area contributed by atoms with Crippen molar-refractivity contribution in [1.82, 2.24) is 4.90 Å². The van der Waals surface area contributed by atoms with Gasteiger partial charge in [0.1, 0.15) is 5.75 Å². The highest BCUT2D eigenvalue weighted by molar-refractivity contribution is 6.06. The zero-order valence-electron chi connectivity index (χ0n) is 20.9. The maximum atomic E-state index is 13.6. The molecule has 5 nitrogen and oxygen atoms in total. The largest absolute Gasteiger partial charge is 0.496 e. The average molecular weight is 471 g/mol. The van der Waals surface area contributed by atoms with Crippen LogP contribution in [0.1, 0.15) is 46.8 Å². The highest BCUT2D eigenvalue weighted by Crippen LogP contribution is 2.26. The Morgan fingerprint density at radius 3 is 2.26 bits per heavy atom. The smallest absolute Gasteiger partial charge is 0.258 e. The van der Waals surface area contributed by atoms with E-state index >= 15 is 0 Å². The van der Waals surface area contributed by atoms with Gasteiger partial charge >= 0.3 is 0 Å². The molecule has 0 unspecified atom stereocenters. The highest BCUT2D eigenvalue weighted by atomic mass is 16.5. The molecule has 5 heteroatoms. The lowest BCUT2D eigenvalue weighted by atomic mass is 9.98. The van der Waals surface area contributed by atoms with E-state index in [-0.39, 0.29) is 11.8 Å². The molecule has 1 aliphatic rings. The molecule has 1 aliphatic heterocycles. The summed E-state index contributed by atoms with van der Waals surface area (Å²) in [6, 6.07) is 23.1. The number of methoxy groups -OCH3 is 1. The molecule has 0 bridgehead atoms. The van der Waals surface area contributed by atoms with E-state index in [9.17, 15) is 9.59 Å². The molecule has 0 saturated carbocycles. The quantitative estimate of drug-likeness (QED) is 0.448. The SMILES string of the molecule is COc1ccccc1CN(C(=O)c1ccc(C)cc1)c1ccc(CC(=O)N2CCC(C)CC2)cc1. The molecule has 35 heavy (non-hydrogen) atoms. The van der Waals surface area contributed by atoms with E-state index < -0.39 is 0 Å². The number of piperidine rings is 1. The second kappa shape index (κ2) is 11.2. The maximum absolute atomic E-state index is 13.6. The minimum Gasteiger partial charge on any atom is -0.496 e. The predicted octanol–water partition coefficient (Wildman–Crippen LogP) is 5.65. The topological polar surface area (TPSA) is 49.9 Å². The van der Waals surface area contributed by atoms with Crippen LogP contribution in [0.25, 0.3) is 0 Å². The number of carbonyl (C=O) groups is 2. The van der Waals surface area contributed by atoms with Gasteiger partial charge in [-0.15, -0.1) is 0 Å². The van der Waals surface area contributed by atoms with Crippen LogP contribution < -0.4 is 9.64 Å². The Hall–Kier alpha value is -3.60. The van der Waals surface area contributed by atoms with Gasteiger partial charge in [-0.1, -0.05) is 55.0 Å². The molecule has 0 atom stereocenters. The van der Waals surface area contributed by atoms with E-state index in [0.29, 0.717) is 24.4 Å². The van der Waals surface area contributed by atoms with Gasteiger partial charge in [-0.05, 0) is 61.6 Å². The van der Waals surface area contributed by atoms with Gasteiger partial charge in [0.2, 0.25) is 5.91 Å². The minimum atomic E-state index is -0.0813. The zero-order chi connectivity index (χ0) is 24.8. The Morgan fingerprint density at radius 2 is 1.60 bits per heavy atom. The molecule has 0 spiro atoms. The lowest BCUT2D eigenvalue weighted by Crippen LogP contribution is -2.38. The molecule has 0 N–H and O–H groups in total. The summed E-state index contributed by atoms with van der Waals surface area (Å²) in [4.78, 5) is 30.1. The second-order valence-corrected chi connectivity index (χ2v) is 9.48. The molecule has 1 saturated heterocycles. The Morgan fingerprint density at radius 1 is 0.943 bits per heavy atom. The number of carbonyl (C=O) groups excluding carboxylic acids is 2. The zero-order valence-corrected chi connectivity index (χ0v) is 20.9. The van der Waals surface area contributed by atoms with Gasteiger partial charge in [-0.2, -0.15) is 0 Å². The standard InChI is InChI=1S/C30H34N2O3/c1-22-8-12-25(13-9-22)30(34)32(21-26-6-4-5-7-28(26)35-3)27-14-10-24(11-15-27)20-29(33)31-18-16-23(2)17-19-31/h4-15,23H,16-21H2,1-3H3. The van der Waals surface area contributed by atoms with Gasteiger partial charge in [-0.3, -0.25) is 9.59 Å². The number of hydrogen-bond donors (Lipinski definition) is 0. The van der Waals surface area contributed by atoms with E-state index in [1.807, 2.05) is 84.6 Å². The molecule has 0 aliphatic carbocycles. The van der Waals surface area contributed by atoms with Crippen LogP contribution in [0.4, 0.5) is 5.69 Å². The van der Waals surface area contributed by atoms with Crippen molar-refractivity contribution in [2.45, 2.75) is 39.7 Å². The van der Waals surface area contributed by atoms with Crippen LogP contribution >= 0.6 is 0 Å². The van der Waals surface area contributed by atoms with E-state index in [1.165, 1.54) is 0 Å². The minimum absolute atomic E-state index is 0.0813. The monoisotopic (exact) mass is 470 g/mol. The Kier molecular flexibility index (Phi) is 7.86. The first-order chi connectivity index (χ1) is 16.9. The molecule has 3 aromatic rings. The van der Waals surface area contributed by atoms with Crippen LogP contribution in [0.3, 0.4) is 0 Å². The summed E-state index contributed by atoms with van der Waals surface area (Å²) in [5, 5.41) is 0. The lowest BCUT2D eigenvalue weighted by Gasteiger charge is -2.30. The van der Waals surface area contributed by atoms with Gasteiger partial charge in [0.15, 0.2) is 0 Å². The fourth-order valence-corrected chi connectivity index (χ4v) is 4.47. The van der Waals surface area contributed by atoms with Gasteiger partial charge in [0.05, 0.1) is 20.1 Å². The second-order valence-electron chi connectivity index (χ2n) is 9.48. The van der Waals surface area contributed by atoms with Crippen molar-refractivity contribution in [2.24, 2.45) is 5.92 Å². The van der Waals surface area contributed by atoms with Crippen molar-refractivity contribution in [2.75, 3.05) is 25.1 Å². The average Bonchev–Trinajstić information content (AvgIpc) is 2.88. The first-order valence-electron chi connectivity index (χ1n) is 12.3. The molecule has 0 radical (unpaired) electrons. The summed E-state index contributed by atoms with van der Waals surface area (Å²) in [6.07, 6.45) is 2.53. The number of aryl methyl sites for hydroxylation is 1. The van der Waals surface area contributed by atoms with Gasteiger partial charge in [-0.25, -0.2) is 0 Å². The van der Waals surface area contributed by atoms with Crippen LogP contribution in [-0.4, -0.2) is 36.9 Å². The molecule has 182 valence electrons. The number of anilines is 1. The molecule has 4 rings (SSSR count). The number of para-hydroxylation sites is 1. The number of benzene rings is 3. The molecule has 3 aromatic carbocycles. The molecule has 2 amide bonds. The third kappa shape index (κ3) is 6.10. The highest BCUT2D eigenvalue weighted by Gasteiger charge is 2.22. The van der Waals surface area contributed by atoms with Crippen molar-refractivity contribution in [3.8, 4) is 5.75 Å². The molecule has 1 fully saturated rings. The third-order valence-corrected chi connectivity index (χ3v) is 6.80. The molecule has 0 aromatic heterocycles. The first-order valence-corrected chi connectivity index (χ1v) is 12.3. The first kappa shape index (κ1) is 24.5. The number of likely N-dealkylation sites (tertiary alicyclic amines) is 1. The third-order valence-electron chi connectivity index (χ3n) is 6.80. The van der Waals surface area contributed by atoms with Crippen LogP contribution in [-0.2, 0) is 17.8 Å². The molecular weight excluding hydrogens is 436 g/mol. The summed E-state index contributed by atoms with van der Waals surface area (Å²) in [5.41, 5.74) is 4.40. The Labute approximate surface area is 208 Å². The predicted molar refractivity (Wildman–Crippen MR) is 140 cm³/mol. The summed E-state index contributed by atoms with van der Waals surface area (Å²) in [5.74, 6) is 1.53. The lowest BCUT2D eigenvalue weighted by molar-refractivity contribution is -0.131. The number of amides is 2. The van der Waals surface area contributed by atoms with E-state index in [2.05, 4.69) is 6.92 Å². The number of rotatable bonds is 7. The van der Waals surface area contributed by atoms with Crippen molar-refractivity contribution >= 4 is 17.5 Å². The van der Waals surface area contributed by atoms with E-state index in [0.717, 1.165) is 54.1 Å². The van der Waals surface area contributed by atoms with E-state index in [1.54, 1.807) is 12.0 Å². The van der Waals surface area contributed by atoms with Gasteiger partial charge in [0.25, 0.3) is 5.91 Å². The van der Waals surface area contributed by atoms with Gasteiger partial charge < -0.3 is 14.5 Å². The summed E-state index contributed by atoms with van der Waals surface area (Å²) >= 11 is 0. The van der Waals surface area contributed by atoms with Crippen LogP contribution in [0.5, 0.6) is 5.75 Å². The summed E-state index contributed by atoms with van der Waals surface area (Å²) in [6.45, 7) is 6.31. The van der Waals surface area contributed by atoms with Gasteiger partial charge in [0, 0.05) is 29.9 Å². The van der Waals surface area contributed by atoms with E-state index in [4.69, 9.17) is 4.74 Å². The van der Waals surface area contributed by atoms with Crippen LogP contribution in [0.15, 0.2) is 72.8 Å². The normalized spacial score (nSPS) is 14.0. The number of nitrogens with zero attached hydrogens (tertiary/aromatic N) is 2. The summed E-state index contributed by atoms with van der Waals surface area (Å²) in [7, 11) is 1.64. The fourth-order valence-electron chi connectivity index (χ4n) is 4.47. The van der Waals surface area contributed by atoms with Crippen molar-refractivity contribution < 1.29 is 14.3 Å². The number of ether oxygens (including phenoxy) is 1. The Balaban J connectivity index is 1.56. The Bertz CT molecular complexity index is 1150. The maximum Gasteiger partial charge on any atom is 0.258 e. The molecular formula is C30H34N2O3. The van der Waals surface area contributed by atoms with Crippen LogP contribution in [0.2, 0.25) is 0 Å². The van der Waals surface area contributed by atoms with Crippen molar-refractivity contribution in [3.05, 3.63) is 95.1 Å². The van der Waals surface area contributed by atoms with Crippen molar-refractivity contribution in [3.63, 3.8) is 0 Å². The molecule has 1 heterocycles. The fraction of sp³-hybridized carbons (Fsp3) is 0.333. The number of hydrogen-bond acceptors (Lipinski definition) is 3.